The van der Waals surface area contributed by atoms with Crippen molar-refractivity contribution in [2.45, 2.75) is 12.6 Å². The number of rotatable bonds is 3. The molecule has 3 aromatic rings. The lowest BCUT2D eigenvalue weighted by molar-refractivity contribution is -0.137. The number of benzene rings is 1. The van der Waals surface area contributed by atoms with Gasteiger partial charge < -0.3 is 14.8 Å². The minimum absolute atomic E-state index is 0.0118. The lowest BCUT2D eigenvalue weighted by Gasteiger charge is -2.08. The third-order valence-electron chi connectivity index (χ3n) is 3.24. The molecule has 0 saturated heterocycles. The Morgan fingerprint density at radius 1 is 1.32 bits per heavy atom. The smallest absolute Gasteiger partial charge is 0.449 e. The van der Waals surface area contributed by atoms with E-state index in [4.69, 9.17) is 5.11 Å². The molecule has 0 atom stereocenters. The Kier molecular flexibility index (Phi) is 4.21. The summed E-state index contributed by atoms with van der Waals surface area (Å²) in [6.45, 7) is 0. The molecule has 0 radical (unpaired) electrons. The molecule has 0 saturated carbocycles. The van der Waals surface area contributed by atoms with Gasteiger partial charge in [0, 0.05) is 12.5 Å². The number of fused-ring (bicyclic) bond motifs is 1. The monoisotopic (exact) mass is 370 g/mol. The minimum Gasteiger partial charge on any atom is -0.449 e. The molecular weight excluding hydrogens is 361 g/mol. The first kappa shape index (κ1) is 17.0. The van der Waals surface area contributed by atoms with E-state index in [1.165, 1.54) is 18.2 Å². The molecule has 130 valence electrons. The fraction of sp³-hybridized carbons (Fsp3) is 0.133. The van der Waals surface area contributed by atoms with Crippen molar-refractivity contribution in [1.82, 2.24) is 9.97 Å². The summed E-state index contributed by atoms with van der Waals surface area (Å²) in [5, 5.41) is 8.72. The van der Waals surface area contributed by atoms with Crippen LogP contribution in [-0.4, -0.2) is 21.2 Å². The van der Waals surface area contributed by atoms with Gasteiger partial charge in [-0.05, 0) is 11.6 Å². The lowest BCUT2D eigenvalue weighted by Crippen LogP contribution is -2.11. The number of aromatic nitrogens is 2. The van der Waals surface area contributed by atoms with Crippen molar-refractivity contribution in [2.24, 2.45) is 0 Å². The minimum atomic E-state index is -4.46. The zero-order chi connectivity index (χ0) is 18.2. The van der Waals surface area contributed by atoms with Crippen LogP contribution in [0.4, 0.5) is 18.0 Å². The van der Waals surface area contributed by atoms with Crippen LogP contribution in [0.2, 0.25) is 0 Å². The number of hydrogen-bond donors (Lipinski definition) is 2. The number of nitrogens with zero attached hydrogens (tertiary/aromatic N) is 1. The van der Waals surface area contributed by atoms with E-state index < -0.39 is 23.5 Å². The molecule has 25 heavy (non-hydrogen) atoms. The van der Waals surface area contributed by atoms with E-state index in [2.05, 4.69) is 14.7 Å². The van der Waals surface area contributed by atoms with E-state index >= 15 is 0 Å². The molecule has 0 aliphatic rings. The maximum atomic E-state index is 12.8. The van der Waals surface area contributed by atoms with Crippen LogP contribution in [0.1, 0.15) is 17.0 Å². The quantitative estimate of drug-likeness (QED) is 0.687. The van der Waals surface area contributed by atoms with Crippen molar-refractivity contribution in [3.63, 3.8) is 0 Å². The number of thiophene rings is 1. The molecule has 6 nitrogen and oxygen atoms in total. The van der Waals surface area contributed by atoms with Crippen LogP contribution in [0.15, 0.2) is 35.1 Å². The van der Waals surface area contributed by atoms with Gasteiger partial charge in [-0.2, -0.15) is 13.2 Å². The SMILES string of the molecule is O=C(O)Oc1cc2c(=O)[nH]c(Cc3cccc(C(F)(F)F)c3)nc2s1. The molecule has 0 fully saturated rings. The Morgan fingerprint density at radius 2 is 2.08 bits per heavy atom. The van der Waals surface area contributed by atoms with Gasteiger partial charge in [0.25, 0.3) is 5.56 Å². The summed E-state index contributed by atoms with van der Waals surface area (Å²) in [7, 11) is 0. The van der Waals surface area contributed by atoms with E-state index in [-0.39, 0.29) is 27.5 Å². The number of halogens is 3. The van der Waals surface area contributed by atoms with Crippen molar-refractivity contribution >= 4 is 27.7 Å². The first-order valence-electron chi connectivity index (χ1n) is 6.82. The van der Waals surface area contributed by atoms with Crippen molar-refractivity contribution < 1.29 is 27.8 Å². The summed E-state index contributed by atoms with van der Waals surface area (Å²) in [4.78, 5) is 29.5. The predicted molar refractivity (Wildman–Crippen MR) is 83.1 cm³/mol. The van der Waals surface area contributed by atoms with Gasteiger partial charge >= 0.3 is 12.3 Å². The summed E-state index contributed by atoms with van der Waals surface area (Å²) < 4.78 is 42.7. The Morgan fingerprint density at radius 3 is 2.76 bits per heavy atom. The second-order valence-electron chi connectivity index (χ2n) is 5.04. The third-order valence-corrected chi connectivity index (χ3v) is 4.15. The molecule has 2 heterocycles. The Bertz CT molecular complexity index is 1010. The van der Waals surface area contributed by atoms with Gasteiger partial charge in [0.05, 0.1) is 10.9 Å². The highest BCUT2D eigenvalue weighted by molar-refractivity contribution is 7.20. The standard InChI is InChI=1S/C15H9F3N2O4S/c16-15(17,18)8-3-1-2-7(4-8)5-10-19-12(21)9-6-11(24-14(22)23)25-13(9)20-10/h1-4,6H,5H2,(H,22,23)(H,19,20,21). The normalized spacial score (nSPS) is 11.6. The van der Waals surface area contributed by atoms with Crippen LogP contribution in [-0.2, 0) is 12.6 Å². The number of carbonyl (C=O) groups is 1. The van der Waals surface area contributed by atoms with Crippen molar-refractivity contribution in [3.05, 3.63) is 57.6 Å². The largest absolute Gasteiger partial charge is 0.512 e. The molecule has 2 N–H and O–H groups in total. The van der Waals surface area contributed by atoms with E-state index in [0.29, 0.717) is 5.56 Å². The Labute approximate surface area is 141 Å². The van der Waals surface area contributed by atoms with Gasteiger partial charge in [0.1, 0.15) is 10.7 Å². The highest BCUT2D eigenvalue weighted by Gasteiger charge is 2.30. The van der Waals surface area contributed by atoms with E-state index in [9.17, 15) is 22.8 Å². The fourth-order valence-electron chi connectivity index (χ4n) is 2.22. The van der Waals surface area contributed by atoms with Crippen LogP contribution >= 0.6 is 11.3 Å². The molecule has 0 aliphatic heterocycles. The second kappa shape index (κ2) is 6.20. The average molecular weight is 370 g/mol. The predicted octanol–water partition coefficient (Wildman–Crippen LogP) is 3.65. The fourth-order valence-corrected chi connectivity index (χ4v) is 3.12. The van der Waals surface area contributed by atoms with Gasteiger partial charge in [-0.1, -0.05) is 29.5 Å². The third kappa shape index (κ3) is 3.79. The van der Waals surface area contributed by atoms with Crippen LogP contribution < -0.4 is 10.3 Å². The van der Waals surface area contributed by atoms with E-state index in [1.807, 2.05) is 0 Å². The number of alkyl halides is 3. The molecule has 0 bridgehead atoms. The summed E-state index contributed by atoms with van der Waals surface area (Å²) in [6, 6.07) is 5.95. The first-order valence-corrected chi connectivity index (χ1v) is 7.63. The molecule has 3 rings (SSSR count). The Hall–Kier alpha value is -2.88. The molecular formula is C15H9F3N2O4S. The number of carboxylic acid groups (broad SMARTS) is 1. The molecule has 0 amide bonds. The number of ether oxygens (including phenoxy) is 1. The van der Waals surface area contributed by atoms with Crippen molar-refractivity contribution in [2.75, 3.05) is 0 Å². The van der Waals surface area contributed by atoms with Crippen LogP contribution in [0, 0.1) is 0 Å². The van der Waals surface area contributed by atoms with Crippen molar-refractivity contribution in [1.29, 1.82) is 0 Å². The molecule has 0 unspecified atom stereocenters. The summed E-state index contributed by atoms with van der Waals surface area (Å²) in [6.07, 6.45) is -5.99. The van der Waals surface area contributed by atoms with Gasteiger partial charge in [0.2, 0.25) is 0 Å². The molecule has 0 aliphatic carbocycles. The summed E-state index contributed by atoms with van der Waals surface area (Å²) >= 11 is 0.858. The Balaban J connectivity index is 1.94. The van der Waals surface area contributed by atoms with Gasteiger partial charge in [-0.25, -0.2) is 9.78 Å². The van der Waals surface area contributed by atoms with Gasteiger partial charge in [-0.15, -0.1) is 0 Å². The van der Waals surface area contributed by atoms with Gasteiger partial charge in [0.15, 0.2) is 5.06 Å². The zero-order valence-electron chi connectivity index (χ0n) is 12.3. The van der Waals surface area contributed by atoms with E-state index in [1.54, 1.807) is 0 Å². The number of nitrogens with one attached hydrogen (secondary N) is 1. The van der Waals surface area contributed by atoms with E-state index in [0.717, 1.165) is 23.5 Å². The zero-order valence-corrected chi connectivity index (χ0v) is 13.1. The molecule has 1 aromatic carbocycles. The maximum absolute atomic E-state index is 12.8. The number of H-pyrrole nitrogens is 1. The number of hydrogen-bond acceptors (Lipinski definition) is 5. The lowest BCUT2D eigenvalue weighted by atomic mass is 10.1. The van der Waals surface area contributed by atoms with Crippen molar-refractivity contribution in [3.8, 4) is 5.06 Å². The maximum Gasteiger partial charge on any atom is 0.512 e. The molecule has 2 aromatic heterocycles. The first-order chi connectivity index (χ1) is 11.7. The second-order valence-corrected chi connectivity index (χ2v) is 6.03. The highest BCUT2D eigenvalue weighted by atomic mass is 32.1. The highest BCUT2D eigenvalue weighted by Crippen LogP contribution is 2.30. The molecule has 10 heteroatoms. The summed E-state index contributed by atoms with van der Waals surface area (Å²) in [5.74, 6) is 0.167. The average Bonchev–Trinajstić information content (AvgIpc) is 2.89. The molecule has 0 spiro atoms. The summed E-state index contributed by atoms with van der Waals surface area (Å²) in [5.41, 5.74) is -0.985. The topological polar surface area (TPSA) is 92.3 Å². The van der Waals surface area contributed by atoms with Gasteiger partial charge in [-0.3, -0.25) is 4.79 Å². The van der Waals surface area contributed by atoms with Crippen LogP contribution in [0.3, 0.4) is 0 Å². The van der Waals surface area contributed by atoms with Crippen LogP contribution in [0.25, 0.3) is 10.2 Å². The number of aromatic amines is 1. The van der Waals surface area contributed by atoms with Crippen LogP contribution in [0.5, 0.6) is 5.06 Å².